The molecule has 0 fully saturated rings. The number of carbonyl (C=O) groups excluding carboxylic acids is 1. The van der Waals surface area contributed by atoms with Crippen molar-refractivity contribution in [1.29, 1.82) is 0 Å². The standard InChI is InChI=1S/C30H31ClN2O3/c1-35-27(34)17-11-3-2-4-12-22-36-30-32-28(23-13-7-5-8-14-23)29(24-15-9-6-10-16-24)33(30)26-20-18-25(31)19-21-26/h5-10,13-16,18-21H,2-4,11-12,17,22H2,1H3. The number of benzene rings is 3. The number of esters is 1. The molecule has 3 aromatic carbocycles. The first-order valence-electron chi connectivity index (χ1n) is 12.4. The van der Waals surface area contributed by atoms with Gasteiger partial charge in [-0.3, -0.25) is 9.36 Å². The number of unbranched alkanes of at least 4 members (excludes halogenated alkanes) is 4. The van der Waals surface area contributed by atoms with Crippen LogP contribution < -0.4 is 4.74 Å². The fraction of sp³-hybridized carbons (Fsp3) is 0.267. The molecule has 0 unspecified atom stereocenters. The molecule has 0 aliphatic carbocycles. The Morgan fingerprint density at radius 1 is 0.806 bits per heavy atom. The minimum atomic E-state index is -0.143. The van der Waals surface area contributed by atoms with Gasteiger partial charge in [-0.25, -0.2) is 0 Å². The third-order valence-corrected chi connectivity index (χ3v) is 6.26. The monoisotopic (exact) mass is 502 g/mol. The smallest absolute Gasteiger partial charge is 0.305 e. The summed E-state index contributed by atoms with van der Waals surface area (Å²) in [7, 11) is 1.43. The summed E-state index contributed by atoms with van der Waals surface area (Å²) in [5.41, 5.74) is 4.86. The van der Waals surface area contributed by atoms with Crippen LogP contribution in [0.5, 0.6) is 6.01 Å². The molecular weight excluding hydrogens is 472 g/mol. The molecule has 0 saturated heterocycles. The van der Waals surface area contributed by atoms with Gasteiger partial charge in [0.1, 0.15) is 5.69 Å². The summed E-state index contributed by atoms with van der Waals surface area (Å²) in [5.74, 6) is -0.143. The summed E-state index contributed by atoms with van der Waals surface area (Å²) in [5, 5.41) is 0.679. The largest absolute Gasteiger partial charge is 0.469 e. The van der Waals surface area contributed by atoms with Gasteiger partial charge >= 0.3 is 12.0 Å². The van der Waals surface area contributed by atoms with Crippen LogP contribution in [0.4, 0.5) is 0 Å². The van der Waals surface area contributed by atoms with Crippen LogP contribution in [0.1, 0.15) is 38.5 Å². The first-order chi connectivity index (χ1) is 17.7. The van der Waals surface area contributed by atoms with Crippen molar-refractivity contribution >= 4 is 17.6 Å². The second-order valence-electron chi connectivity index (χ2n) is 8.58. The number of hydrogen-bond donors (Lipinski definition) is 0. The highest BCUT2D eigenvalue weighted by molar-refractivity contribution is 6.30. The second-order valence-corrected chi connectivity index (χ2v) is 9.01. The molecule has 4 aromatic rings. The van der Waals surface area contributed by atoms with E-state index in [2.05, 4.69) is 28.8 Å². The molecule has 0 bridgehead atoms. The van der Waals surface area contributed by atoms with Gasteiger partial charge in [0.15, 0.2) is 0 Å². The zero-order valence-corrected chi connectivity index (χ0v) is 21.3. The highest BCUT2D eigenvalue weighted by atomic mass is 35.5. The van der Waals surface area contributed by atoms with Crippen molar-refractivity contribution in [2.75, 3.05) is 13.7 Å². The van der Waals surface area contributed by atoms with Crippen LogP contribution in [-0.4, -0.2) is 29.2 Å². The molecule has 0 aliphatic heterocycles. The van der Waals surface area contributed by atoms with Crippen molar-refractivity contribution in [1.82, 2.24) is 9.55 Å². The Kier molecular flexibility index (Phi) is 9.17. The first kappa shape index (κ1) is 25.5. The molecule has 6 heteroatoms. The Balaban J connectivity index is 1.59. The molecule has 4 rings (SSSR count). The Morgan fingerprint density at radius 2 is 1.42 bits per heavy atom. The number of halogens is 1. The fourth-order valence-corrected chi connectivity index (χ4v) is 4.28. The fourth-order valence-electron chi connectivity index (χ4n) is 4.15. The molecule has 0 amide bonds. The van der Waals surface area contributed by atoms with Crippen molar-refractivity contribution in [3.05, 3.63) is 90.0 Å². The molecule has 0 atom stereocenters. The molecule has 0 aliphatic rings. The number of aromatic nitrogens is 2. The van der Waals surface area contributed by atoms with Gasteiger partial charge in [-0.15, -0.1) is 0 Å². The summed E-state index contributed by atoms with van der Waals surface area (Å²) in [6.45, 7) is 0.560. The van der Waals surface area contributed by atoms with Gasteiger partial charge < -0.3 is 9.47 Å². The molecule has 0 spiro atoms. The number of carbonyl (C=O) groups is 1. The minimum Gasteiger partial charge on any atom is -0.469 e. The number of ether oxygens (including phenoxy) is 2. The van der Waals surface area contributed by atoms with Crippen molar-refractivity contribution in [2.45, 2.75) is 38.5 Å². The van der Waals surface area contributed by atoms with E-state index in [0.717, 1.165) is 60.3 Å². The Labute approximate surface area is 217 Å². The van der Waals surface area contributed by atoms with Gasteiger partial charge in [0.2, 0.25) is 0 Å². The quantitative estimate of drug-likeness (QED) is 0.147. The van der Waals surface area contributed by atoms with Crippen molar-refractivity contribution < 1.29 is 14.3 Å². The van der Waals surface area contributed by atoms with Crippen LogP contribution in [0, 0.1) is 0 Å². The Hall–Kier alpha value is -3.57. The van der Waals surface area contributed by atoms with E-state index < -0.39 is 0 Å². The van der Waals surface area contributed by atoms with Crippen LogP contribution in [0.3, 0.4) is 0 Å². The molecule has 1 aromatic heterocycles. The highest BCUT2D eigenvalue weighted by Gasteiger charge is 2.22. The van der Waals surface area contributed by atoms with Crippen LogP contribution in [0.15, 0.2) is 84.9 Å². The summed E-state index contributed by atoms with van der Waals surface area (Å²) in [6.07, 6.45) is 5.33. The van der Waals surface area contributed by atoms with Gasteiger partial charge in [0.25, 0.3) is 0 Å². The lowest BCUT2D eigenvalue weighted by Gasteiger charge is -2.14. The average molecular weight is 503 g/mol. The second kappa shape index (κ2) is 12.9. The summed E-state index contributed by atoms with van der Waals surface area (Å²) < 4.78 is 13.1. The maximum atomic E-state index is 11.2. The lowest BCUT2D eigenvalue weighted by Crippen LogP contribution is -2.05. The number of rotatable bonds is 12. The Morgan fingerprint density at radius 3 is 2.08 bits per heavy atom. The van der Waals surface area contributed by atoms with Gasteiger partial charge in [-0.2, -0.15) is 4.98 Å². The van der Waals surface area contributed by atoms with Gasteiger partial charge in [0.05, 0.1) is 25.1 Å². The van der Waals surface area contributed by atoms with Crippen molar-refractivity contribution in [2.24, 2.45) is 0 Å². The third-order valence-electron chi connectivity index (χ3n) is 6.01. The lowest BCUT2D eigenvalue weighted by atomic mass is 10.0. The summed E-state index contributed by atoms with van der Waals surface area (Å²) in [4.78, 5) is 16.2. The van der Waals surface area contributed by atoms with Gasteiger partial charge in [-0.05, 0) is 37.1 Å². The number of nitrogens with zero attached hydrogens (tertiary/aromatic N) is 2. The molecule has 0 radical (unpaired) electrons. The van der Waals surface area contributed by atoms with Gasteiger partial charge in [0, 0.05) is 22.6 Å². The van der Waals surface area contributed by atoms with E-state index in [4.69, 9.17) is 26.1 Å². The third kappa shape index (κ3) is 6.55. The van der Waals surface area contributed by atoms with E-state index in [1.165, 1.54) is 7.11 Å². The topological polar surface area (TPSA) is 53.4 Å². The Bertz CT molecular complexity index is 1240. The highest BCUT2D eigenvalue weighted by Crippen LogP contribution is 2.38. The number of methoxy groups -OCH3 is 1. The van der Waals surface area contributed by atoms with Crippen LogP contribution in [0.2, 0.25) is 5.02 Å². The predicted octanol–water partition coefficient (Wildman–Crippen LogP) is 7.75. The number of imidazole rings is 1. The lowest BCUT2D eigenvalue weighted by molar-refractivity contribution is -0.140. The van der Waals surface area contributed by atoms with E-state index in [9.17, 15) is 4.79 Å². The normalized spacial score (nSPS) is 10.8. The minimum absolute atomic E-state index is 0.143. The van der Waals surface area contributed by atoms with E-state index in [0.29, 0.717) is 24.1 Å². The van der Waals surface area contributed by atoms with E-state index in [1.54, 1.807) is 0 Å². The molecule has 0 saturated carbocycles. The SMILES string of the molecule is COC(=O)CCCCCCCOc1nc(-c2ccccc2)c(-c2ccccc2)n1-c1ccc(Cl)cc1. The molecule has 0 N–H and O–H groups in total. The van der Waals surface area contributed by atoms with Crippen molar-refractivity contribution in [3.8, 4) is 34.2 Å². The first-order valence-corrected chi connectivity index (χ1v) is 12.7. The predicted molar refractivity (Wildman–Crippen MR) is 145 cm³/mol. The van der Waals surface area contributed by atoms with Crippen LogP contribution >= 0.6 is 11.6 Å². The summed E-state index contributed by atoms with van der Waals surface area (Å²) in [6, 6.07) is 28.7. The molecule has 1 heterocycles. The van der Waals surface area contributed by atoms with Crippen LogP contribution in [0.25, 0.3) is 28.2 Å². The van der Waals surface area contributed by atoms with E-state index >= 15 is 0 Å². The molecule has 36 heavy (non-hydrogen) atoms. The van der Waals surface area contributed by atoms with Crippen molar-refractivity contribution in [3.63, 3.8) is 0 Å². The molecule has 186 valence electrons. The maximum absolute atomic E-state index is 11.2. The number of hydrogen-bond acceptors (Lipinski definition) is 4. The molecular formula is C30H31ClN2O3. The van der Waals surface area contributed by atoms with Gasteiger partial charge in [-0.1, -0.05) is 91.5 Å². The molecule has 5 nitrogen and oxygen atoms in total. The zero-order valence-electron chi connectivity index (χ0n) is 20.5. The van der Waals surface area contributed by atoms with E-state index in [1.807, 2.05) is 60.7 Å². The maximum Gasteiger partial charge on any atom is 0.305 e. The van der Waals surface area contributed by atoms with E-state index in [-0.39, 0.29) is 5.97 Å². The zero-order chi connectivity index (χ0) is 25.2. The average Bonchev–Trinajstić information content (AvgIpc) is 3.30. The van der Waals surface area contributed by atoms with Crippen LogP contribution in [-0.2, 0) is 9.53 Å². The summed E-state index contributed by atoms with van der Waals surface area (Å²) >= 11 is 6.20.